The first-order valence-electron chi connectivity index (χ1n) is 18.3. The largest absolute Gasteiger partial charge is 0.493 e. The van der Waals surface area contributed by atoms with Gasteiger partial charge in [-0.25, -0.2) is 9.59 Å². The zero-order valence-electron chi connectivity index (χ0n) is 30.9. The van der Waals surface area contributed by atoms with Crippen LogP contribution in [0.5, 0.6) is 11.5 Å². The van der Waals surface area contributed by atoms with Gasteiger partial charge in [-0.05, 0) is 97.6 Å². The van der Waals surface area contributed by atoms with Crippen molar-refractivity contribution in [3.63, 3.8) is 0 Å². The van der Waals surface area contributed by atoms with Gasteiger partial charge >= 0.3 is 18.1 Å². The molecule has 0 aromatic heterocycles. The SMILES string of the molecule is CCOC(=O)c1ccc(OCCN(CCc2ccccc2OCCCN2CCN(c3ccc(C(F)(F)F)cc3)CC2)Cc2ccc(C(=O)OC)cc2)cc1. The number of rotatable bonds is 18. The third-order valence-electron chi connectivity index (χ3n) is 9.30. The molecule has 4 aromatic rings. The first-order chi connectivity index (χ1) is 26.1. The molecule has 4 aromatic carbocycles. The minimum Gasteiger partial charge on any atom is -0.493 e. The Morgan fingerprint density at radius 2 is 1.43 bits per heavy atom. The Kier molecular flexibility index (Phi) is 14.7. The van der Waals surface area contributed by atoms with Gasteiger partial charge in [0.1, 0.15) is 18.1 Å². The van der Waals surface area contributed by atoms with E-state index in [0.717, 1.165) is 86.8 Å². The molecule has 0 bridgehead atoms. The maximum atomic E-state index is 12.9. The summed E-state index contributed by atoms with van der Waals surface area (Å²) in [7, 11) is 1.36. The number of piperazine rings is 1. The number of hydrogen-bond acceptors (Lipinski definition) is 9. The van der Waals surface area contributed by atoms with Crippen LogP contribution in [0.3, 0.4) is 0 Å². The Bertz CT molecular complexity index is 1760. The fourth-order valence-corrected chi connectivity index (χ4v) is 6.28. The summed E-state index contributed by atoms with van der Waals surface area (Å²) < 4.78 is 61.1. The fourth-order valence-electron chi connectivity index (χ4n) is 6.28. The number of nitrogens with zero attached hydrogens (tertiary/aromatic N) is 3. The van der Waals surface area contributed by atoms with Gasteiger partial charge in [-0.1, -0.05) is 30.3 Å². The van der Waals surface area contributed by atoms with Crippen LogP contribution in [0.2, 0.25) is 0 Å². The molecule has 0 spiro atoms. The van der Waals surface area contributed by atoms with Gasteiger partial charge in [0.05, 0.1) is 37.0 Å². The van der Waals surface area contributed by atoms with E-state index >= 15 is 0 Å². The zero-order chi connectivity index (χ0) is 38.3. The summed E-state index contributed by atoms with van der Waals surface area (Å²) in [6.07, 6.45) is -2.74. The number of benzene rings is 4. The van der Waals surface area contributed by atoms with Gasteiger partial charge < -0.3 is 23.8 Å². The molecule has 0 radical (unpaired) electrons. The molecule has 1 heterocycles. The van der Waals surface area contributed by atoms with Gasteiger partial charge in [0.2, 0.25) is 0 Å². The van der Waals surface area contributed by atoms with Crippen LogP contribution in [0.25, 0.3) is 0 Å². The van der Waals surface area contributed by atoms with E-state index in [1.165, 1.54) is 7.11 Å². The topological polar surface area (TPSA) is 80.8 Å². The molecule has 1 saturated heterocycles. The minimum atomic E-state index is -4.33. The van der Waals surface area contributed by atoms with Crippen molar-refractivity contribution < 1.29 is 41.7 Å². The van der Waals surface area contributed by atoms with Crippen molar-refractivity contribution in [2.75, 3.05) is 77.6 Å². The highest BCUT2D eigenvalue weighted by molar-refractivity contribution is 5.89. The van der Waals surface area contributed by atoms with E-state index in [2.05, 4.69) is 20.8 Å². The van der Waals surface area contributed by atoms with Crippen LogP contribution in [-0.4, -0.2) is 94.5 Å². The predicted molar refractivity (Wildman–Crippen MR) is 201 cm³/mol. The molecule has 0 unspecified atom stereocenters. The summed E-state index contributed by atoms with van der Waals surface area (Å²) in [5, 5.41) is 0. The maximum absolute atomic E-state index is 12.9. The number of esters is 2. The highest BCUT2D eigenvalue weighted by Crippen LogP contribution is 2.31. The van der Waals surface area contributed by atoms with E-state index in [-0.39, 0.29) is 11.9 Å². The summed E-state index contributed by atoms with van der Waals surface area (Å²) in [5.74, 6) is 0.764. The lowest BCUT2D eigenvalue weighted by atomic mass is 10.1. The molecule has 288 valence electrons. The van der Waals surface area contributed by atoms with Crippen LogP contribution in [-0.2, 0) is 28.6 Å². The molecule has 0 atom stereocenters. The second-order valence-corrected chi connectivity index (χ2v) is 13.0. The third-order valence-corrected chi connectivity index (χ3v) is 9.30. The highest BCUT2D eigenvalue weighted by atomic mass is 19.4. The number of anilines is 1. The molecule has 5 rings (SSSR count). The van der Waals surface area contributed by atoms with Gasteiger partial charge in [-0.2, -0.15) is 13.2 Å². The molecule has 0 amide bonds. The molecule has 0 aliphatic carbocycles. The fraction of sp³-hybridized carbons (Fsp3) is 0.381. The van der Waals surface area contributed by atoms with E-state index in [1.54, 1.807) is 55.5 Å². The number of halogens is 3. The van der Waals surface area contributed by atoms with Gasteiger partial charge in [-0.3, -0.25) is 9.80 Å². The number of para-hydroxylation sites is 1. The summed E-state index contributed by atoms with van der Waals surface area (Å²) in [5.41, 5.74) is 3.30. The summed E-state index contributed by atoms with van der Waals surface area (Å²) in [6, 6.07) is 27.8. The lowest BCUT2D eigenvalue weighted by Crippen LogP contribution is -2.46. The van der Waals surface area contributed by atoms with E-state index in [1.807, 2.05) is 30.3 Å². The zero-order valence-corrected chi connectivity index (χ0v) is 30.9. The molecule has 0 saturated carbocycles. The van der Waals surface area contributed by atoms with E-state index < -0.39 is 11.7 Å². The monoisotopic (exact) mass is 747 g/mol. The molecule has 12 heteroatoms. The van der Waals surface area contributed by atoms with Crippen molar-refractivity contribution >= 4 is 17.6 Å². The Morgan fingerprint density at radius 3 is 2.09 bits per heavy atom. The van der Waals surface area contributed by atoms with E-state index in [0.29, 0.717) is 49.8 Å². The average Bonchev–Trinajstić information content (AvgIpc) is 3.19. The van der Waals surface area contributed by atoms with Crippen molar-refractivity contribution in [3.05, 3.63) is 125 Å². The van der Waals surface area contributed by atoms with Crippen LogP contribution in [0.15, 0.2) is 97.1 Å². The van der Waals surface area contributed by atoms with Gasteiger partial charge in [0.25, 0.3) is 0 Å². The van der Waals surface area contributed by atoms with Crippen molar-refractivity contribution in [2.24, 2.45) is 0 Å². The second kappa shape index (κ2) is 19.8. The first-order valence-corrected chi connectivity index (χ1v) is 18.3. The summed E-state index contributed by atoms with van der Waals surface area (Å²) >= 11 is 0. The van der Waals surface area contributed by atoms with Crippen LogP contribution >= 0.6 is 0 Å². The maximum Gasteiger partial charge on any atom is 0.416 e. The van der Waals surface area contributed by atoms with Crippen LogP contribution in [0, 0.1) is 0 Å². The van der Waals surface area contributed by atoms with E-state index in [9.17, 15) is 22.8 Å². The number of methoxy groups -OCH3 is 1. The van der Waals surface area contributed by atoms with Gasteiger partial charge in [0, 0.05) is 58.0 Å². The molecule has 1 aliphatic heterocycles. The van der Waals surface area contributed by atoms with Gasteiger partial charge in [0.15, 0.2) is 0 Å². The Balaban J connectivity index is 1.11. The van der Waals surface area contributed by atoms with Gasteiger partial charge in [-0.15, -0.1) is 0 Å². The highest BCUT2D eigenvalue weighted by Gasteiger charge is 2.30. The Hall–Kier alpha value is -5.07. The Labute approximate surface area is 315 Å². The van der Waals surface area contributed by atoms with Crippen molar-refractivity contribution in [3.8, 4) is 11.5 Å². The number of carbonyl (C=O) groups is 2. The second-order valence-electron chi connectivity index (χ2n) is 13.0. The quantitative estimate of drug-likeness (QED) is 0.0766. The molecule has 1 fully saturated rings. The van der Waals surface area contributed by atoms with Crippen LogP contribution < -0.4 is 14.4 Å². The van der Waals surface area contributed by atoms with Crippen molar-refractivity contribution in [1.82, 2.24) is 9.80 Å². The predicted octanol–water partition coefficient (Wildman–Crippen LogP) is 7.38. The first kappa shape index (κ1) is 40.1. The van der Waals surface area contributed by atoms with Crippen molar-refractivity contribution in [2.45, 2.75) is 32.5 Å². The van der Waals surface area contributed by atoms with Crippen LogP contribution in [0.1, 0.15) is 50.8 Å². The third kappa shape index (κ3) is 12.0. The lowest BCUT2D eigenvalue weighted by molar-refractivity contribution is -0.137. The number of alkyl halides is 3. The molecule has 54 heavy (non-hydrogen) atoms. The number of ether oxygens (including phenoxy) is 4. The number of hydrogen-bond donors (Lipinski definition) is 0. The van der Waals surface area contributed by atoms with Crippen molar-refractivity contribution in [1.29, 1.82) is 0 Å². The molecule has 1 aliphatic rings. The van der Waals surface area contributed by atoms with Crippen LogP contribution in [0.4, 0.5) is 18.9 Å². The standard InChI is InChI=1S/C42H48F3N3O6/c1-3-52-41(50)35-13-19-38(20-14-35)53-30-28-47(31-32-9-11-34(12-10-32)40(49)51-2)23-21-33-7-4-5-8-39(33)54-29-6-22-46-24-26-48(27-25-46)37-17-15-36(16-18-37)42(43,44)45/h4-5,7-20H,3,6,21-31H2,1-2H3. The summed E-state index contributed by atoms with van der Waals surface area (Å²) in [6.45, 7) is 9.13. The average molecular weight is 748 g/mol. The Morgan fingerprint density at radius 1 is 0.759 bits per heavy atom. The number of carbonyl (C=O) groups excluding carboxylic acids is 2. The summed E-state index contributed by atoms with van der Waals surface area (Å²) in [4.78, 5) is 30.7. The molecular formula is C42H48F3N3O6. The normalized spacial score (nSPS) is 13.5. The molecule has 0 N–H and O–H groups in total. The minimum absolute atomic E-state index is 0.314. The smallest absolute Gasteiger partial charge is 0.416 e. The lowest BCUT2D eigenvalue weighted by Gasteiger charge is -2.36. The molecular weight excluding hydrogens is 699 g/mol. The molecule has 9 nitrogen and oxygen atoms in total. The van der Waals surface area contributed by atoms with E-state index in [4.69, 9.17) is 18.9 Å².